The zero-order valence-corrected chi connectivity index (χ0v) is 31.6. The Balaban J connectivity index is 1.12. The number of benzene rings is 8. The van der Waals surface area contributed by atoms with Crippen LogP contribution in [-0.2, 0) is 0 Å². The molecule has 0 aliphatic carbocycles. The summed E-state index contributed by atoms with van der Waals surface area (Å²) in [4.78, 5) is 10.3. The molecule has 272 valence electrons. The maximum absolute atomic E-state index is 5.20. The van der Waals surface area contributed by atoms with Crippen molar-refractivity contribution in [1.82, 2.24) is 18.9 Å². The molecule has 58 heavy (non-hydrogen) atoms. The highest BCUT2D eigenvalue weighted by atomic mass is 15.1. The number of para-hydroxylation sites is 1. The zero-order chi connectivity index (χ0) is 38.4. The molecule has 0 N–H and O–H groups in total. The fourth-order valence-corrected chi connectivity index (χ4v) is 8.38. The summed E-state index contributed by atoms with van der Waals surface area (Å²) in [5, 5.41) is 2.45. The highest BCUT2D eigenvalue weighted by Crippen LogP contribution is 2.40. The van der Waals surface area contributed by atoms with E-state index < -0.39 is 0 Å². The van der Waals surface area contributed by atoms with Crippen molar-refractivity contribution in [1.29, 1.82) is 0 Å². The van der Waals surface area contributed by atoms with Crippen LogP contribution < -0.4 is 0 Å². The molecule has 0 amide bonds. The van der Waals surface area contributed by atoms with Gasteiger partial charge in [-0.15, -0.1) is 0 Å². The molecule has 0 fully saturated rings. The van der Waals surface area contributed by atoms with Gasteiger partial charge in [-0.05, 0) is 105 Å². The molecule has 0 saturated carbocycles. The fourth-order valence-electron chi connectivity index (χ4n) is 8.38. The molecule has 0 aliphatic heterocycles. The number of fused-ring (bicyclic) bond motifs is 3. The second-order valence-corrected chi connectivity index (χ2v) is 14.7. The van der Waals surface area contributed by atoms with E-state index in [2.05, 4.69) is 215 Å². The molecule has 11 rings (SSSR count). The minimum Gasteiger partial charge on any atom is -0.299 e. The molecule has 0 saturated heterocycles. The zero-order valence-electron chi connectivity index (χ0n) is 31.6. The first-order chi connectivity index (χ1) is 28.7. The average Bonchev–Trinajstić information content (AvgIpc) is 3.89. The summed E-state index contributed by atoms with van der Waals surface area (Å²) in [6, 6.07) is 75.5. The normalized spacial score (nSPS) is 11.4. The smallest absolute Gasteiger partial charge is 0.145 e. The summed E-state index contributed by atoms with van der Waals surface area (Å²) in [6.45, 7) is 0. The number of hydrogen-bond donors (Lipinski definition) is 0. The number of rotatable bonds is 7. The van der Waals surface area contributed by atoms with Crippen LogP contribution in [0.15, 0.2) is 219 Å². The third-order valence-corrected chi connectivity index (χ3v) is 11.1. The quantitative estimate of drug-likeness (QED) is 0.163. The van der Waals surface area contributed by atoms with E-state index in [1.807, 2.05) is 12.1 Å². The van der Waals surface area contributed by atoms with Gasteiger partial charge < -0.3 is 0 Å². The van der Waals surface area contributed by atoms with E-state index in [1.54, 1.807) is 0 Å². The molecule has 4 nitrogen and oxygen atoms in total. The van der Waals surface area contributed by atoms with E-state index in [1.165, 1.54) is 16.3 Å². The van der Waals surface area contributed by atoms with Crippen molar-refractivity contribution in [2.75, 3.05) is 0 Å². The minimum atomic E-state index is 0.919. The van der Waals surface area contributed by atoms with Gasteiger partial charge in [-0.3, -0.25) is 8.97 Å². The predicted molar refractivity (Wildman–Crippen MR) is 240 cm³/mol. The van der Waals surface area contributed by atoms with Crippen molar-refractivity contribution in [3.05, 3.63) is 219 Å². The molecule has 8 aromatic carbocycles. The molecular weight excluding hydrogens is 705 g/mol. The number of pyridine rings is 1. The molecule has 0 atom stereocenters. The van der Waals surface area contributed by atoms with Gasteiger partial charge in [-0.1, -0.05) is 152 Å². The van der Waals surface area contributed by atoms with E-state index in [0.29, 0.717) is 0 Å². The number of nitrogens with zero attached hydrogens (tertiary/aromatic N) is 4. The second-order valence-electron chi connectivity index (χ2n) is 14.7. The van der Waals surface area contributed by atoms with Crippen molar-refractivity contribution in [3.63, 3.8) is 0 Å². The Labute approximate surface area is 336 Å². The molecular formula is C54H36N4. The van der Waals surface area contributed by atoms with Crippen LogP contribution >= 0.6 is 0 Å². The van der Waals surface area contributed by atoms with Gasteiger partial charge >= 0.3 is 0 Å². The summed E-state index contributed by atoms with van der Waals surface area (Å²) in [5.74, 6) is 0.920. The largest absolute Gasteiger partial charge is 0.299 e. The molecule has 4 heteroatoms. The summed E-state index contributed by atoms with van der Waals surface area (Å²) in [6.07, 6.45) is 2.11. The van der Waals surface area contributed by atoms with Crippen molar-refractivity contribution < 1.29 is 0 Å². The number of aromatic nitrogens is 4. The number of hydrogen-bond acceptors (Lipinski definition) is 2. The van der Waals surface area contributed by atoms with Gasteiger partial charge in [-0.25, -0.2) is 9.97 Å². The Bertz CT molecular complexity index is 3260. The van der Waals surface area contributed by atoms with Crippen LogP contribution in [0, 0.1) is 0 Å². The van der Waals surface area contributed by atoms with E-state index in [0.717, 1.165) is 84.1 Å². The van der Waals surface area contributed by atoms with Gasteiger partial charge in [0.25, 0.3) is 0 Å². The Kier molecular flexibility index (Phi) is 8.11. The lowest BCUT2D eigenvalue weighted by Gasteiger charge is -2.15. The van der Waals surface area contributed by atoms with Gasteiger partial charge in [0.2, 0.25) is 0 Å². The fraction of sp³-hybridized carbons (Fsp3) is 0. The Morgan fingerprint density at radius 1 is 0.379 bits per heavy atom. The lowest BCUT2D eigenvalue weighted by atomic mass is 9.90. The number of imidazole rings is 2. The SMILES string of the molecule is c1ccc(-c2nc3ccccn3c2-c2cccc(-c3cc(-c4ccc5nc(-c6ccccc6)n(-c6ccccc6)c5c4)cc(-c4cccc5ccccc45)c3)c2)cc1. The molecule has 0 radical (unpaired) electrons. The summed E-state index contributed by atoms with van der Waals surface area (Å²) in [5.41, 5.74) is 16.2. The monoisotopic (exact) mass is 740 g/mol. The highest BCUT2D eigenvalue weighted by Gasteiger charge is 2.19. The molecule has 0 aliphatic rings. The van der Waals surface area contributed by atoms with Crippen LogP contribution in [-0.4, -0.2) is 18.9 Å². The van der Waals surface area contributed by atoms with Gasteiger partial charge in [-0.2, -0.15) is 0 Å². The molecule has 3 heterocycles. The predicted octanol–water partition coefficient (Wildman–Crippen LogP) is 13.8. The average molecular weight is 741 g/mol. The standard InChI is InChI=1S/C54H36N4/c1-4-17-38(18-5-1)52-53(57-31-13-12-28-51(57)56-52)42-23-14-22-40(32-42)43-33-44(35-45(34-43)48-27-15-21-37-16-10-11-26-47(37)48)41-29-30-49-50(36-41)58(46-24-8-3-9-25-46)54(55-49)39-19-6-2-7-20-39/h1-36H. The van der Waals surface area contributed by atoms with Crippen LogP contribution in [0.25, 0.3) is 100 Å². The Morgan fingerprint density at radius 2 is 0.983 bits per heavy atom. The first kappa shape index (κ1) is 33.5. The lowest BCUT2D eigenvalue weighted by Crippen LogP contribution is -1.97. The van der Waals surface area contributed by atoms with Crippen LogP contribution in [0.5, 0.6) is 0 Å². The van der Waals surface area contributed by atoms with Gasteiger partial charge in [0.15, 0.2) is 0 Å². The van der Waals surface area contributed by atoms with Crippen molar-refractivity contribution >= 4 is 27.5 Å². The maximum Gasteiger partial charge on any atom is 0.145 e. The topological polar surface area (TPSA) is 35.1 Å². The summed E-state index contributed by atoms with van der Waals surface area (Å²) < 4.78 is 4.49. The van der Waals surface area contributed by atoms with Crippen molar-refractivity contribution in [2.45, 2.75) is 0 Å². The van der Waals surface area contributed by atoms with E-state index in [9.17, 15) is 0 Å². The highest BCUT2D eigenvalue weighted by molar-refractivity contribution is 5.99. The molecule has 3 aromatic heterocycles. The van der Waals surface area contributed by atoms with E-state index in [-0.39, 0.29) is 0 Å². The lowest BCUT2D eigenvalue weighted by molar-refractivity contribution is 1.10. The van der Waals surface area contributed by atoms with Crippen molar-refractivity contribution in [3.8, 4) is 73.0 Å². The maximum atomic E-state index is 5.20. The summed E-state index contributed by atoms with van der Waals surface area (Å²) >= 11 is 0. The Hall–Kier alpha value is -7.82. The van der Waals surface area contributed by atoms with Crippen molar-refractivity contribution in [2.24, 2.45) is 0 Å². The first-order valence-electron chi connectivity index (χ1n) is 19.7. The van der Waals surface area contributed by atoms with Crippen LogP contribution in [0.3, 0.4) is 0 Å². The van der Waals surface area contributed by atoms with Gasteiger partial charge in [0.1, 0.15) is 11.5 Å². The molecule has 0 unspecified atom stereocenters. The molecule has 11 aromatic rings. The first-order valence-corrected chi connectivity index (χ1v) is 19.7. The van der Waals surface area contributed by atoms with E-state index >= 15 is 0 Å². The van der Waals surface area contributed by atoms with Gasteiger partial charge in [0, 0.05) is 28.6 Å². The van der Waals surface area contributed by atoms with Crippen LogP contribution in [0.1, 0.15) is 0 Å². The second kappa shape index (κ2) is 14.0. The third kappa shape index (κ3) is 5.87. The Morgan fingerprint density at radius 3 is 1.79 bits per heavy atom. The molecule has 0 bridgehead atoms. The summed E-state index contributed by atoms with van der Waals surface area (Å²) in [7, 11) is 0. The molecule has 0 spiro atoms. The van der Waals surface area contributed by atoms with Crippen LogP contribution in [0.2, 0.25) is 0 Å². The van der Waals surface area contributed by atoms with Gasteiger partial charge in [0.05, 0.1) is 22.4 Å². The van der Waals surface area contributed by atoms with Crippen LogP contribution in [0.4, 0.5) is 0 Å². The van der Waals surface area contributed by atoms with E-state index in [4.69, 9.17) is 9.97 Å². The minimum absolute atomic E-state index is 0.919. The third-order valence-electron chi connectivity index (χ3n) is 11.1.